The molecule has 414 valence electrons. The maximum Gasteiger partial charge on any atom is 1.00 e. The van der Waals surface area contributed by atoms with E-state index in [1.165, 1.54) is 34.1 Å². The van der Waals surface area contributed by atoms with Crippen molar-refractivity contribution in [2.45, 2.75) is 52.0 Å². The molecule has 4 aromatic heterocycles. The van der Waals surface area contributed by atoms with Crippen LogP contribution in [0.2, 0.25) is 5.15 Å². The van der Waals surface area contributed by atoms with Gasteiger partial charge < -0.3 is 41.9 Å². The summed E-state index contributed by atoms with van der Waals surface area (Å²) in [6.07, 6.45) is 6.31. The fourth-order valence-corrected chi connectivity index (χ4v) is 9.86. The van der Waals surface area contributed by atoms with E-state index >= 15 is 0 Å². The van der Waals surface area contributed by atoms with Crippen molar-refractivity contribution in [1.29, 1.82) is 0 Å². The molecule has 23 nitrogen and oxygen atoms in total. The van der Waals surface area contributed by atoms with Gasteiger partial charge in [0.05, 0.1) is 42.9 Å². The van der Waals surface area contributed by atoms with Crippen molar-refractivity contribution < 1.29 is 216 Å². The molecule has 0 bridgehead atoms. The Morgan fingerprint density at radius 3 is 1.49 bits per heavy atom. The van der Waals surface area contributed by atoms with E-state index in [0.29, 0.717) is 17.1 Å². The number of rotatable bonds is 11. The van der Waals surface area contributed by atoms with Crippen LogP contribution in [-0.2, 0) is 54.0 Å². The summed E-state index contributed by atoms with van der Waals surface area (Å²) in [6, 6.07) is 7.13. The number of benzene rings is 2. The molecule has 2 aromatic carbocycles. The summed E-state index contributed by atoms with van der Waals surface area (Å²) in [5, 5.41) is 24.2. The van der Waals surface area contributed by atoms with Gasteiger partial charge in [-0.15, -0.1) is 0 Å². The number of hydrogen-bond acceptors (Lipinski definition) is 21. The van der Waals surface area contributed by atoms with Crippen molar-refractivity contribution in [3.8, 4) is 5.88 Å². The number of nitrogens with two attached hydrogens (primary N) is 2. The first kappa shape index (κ1) is 69.4. The Morgan fingerprint density at radius 1 is 0.747 bits per heavy atom. The zero-order chi connectivity index (χ0) is 57.2. The summed E-state index contributed by atoms with van der Waals surface area (Å²) in [4.78, 5) is 34.7. The Hall–Kier alpha value is -3.90. The van der Waals surface area contributed by atoms with Gasteiger partial charge >= 0.3 is 138 Å². The first-order chi connectivity index (χ1) is 36.0. The van der Waals surface area contributed by atoms with E-state index in [1.807, 2.05) is 0 Å². The molecule has 6 aromatic rings. The van der Waals surface area contributed by atoms with Crippen molar-refractivity contribution in [3.63, 3.8) is 0 Å². The zero-order valence-electron chi connectivity index (χ0n) is 44.0. The fourth-order valence-electron chi connectivity index (χ4n) is 6.86. The minimum atomic E-state index is -3.94. The molecule has 2 aliphatic heterocycles. The minimum Gasteiger partial charge on any atom is -1.00 e. The van der Waals surface area contributed by atoms with Gasteiger partial charge in [0.2, 0.25) is 37.8 Å². The van der Waals surface area contributed by atoms with Gasteiger partial charge in [-0.1, -0.05) is 21.9 Å². The summed E-state index contributed by atoms with van der Waals surface area (Å²) in [7, 11) is -5.45. The van der Waals surface area contributed by atoms with Gasteiger partial charge in [-0.3, -0.25) is 4.79 Å². The molecule has 0 unspecified atom stereocenters. The number of nitrogens with zero attached hydrogens (tertiary/aromatic N) is 10. The Balaban J connectivity index is 0.000000444. The molecule has 5 N–H and O–H groups in total. The largest absolute Gasteiger partial charge is 1.00 e. The molecule has 2 aliphatic rings. The number of aliphatic hydroxyl groups is 1. The number of hydrogen-bond donors (Lipinski definition) is 3. The molecule has 0 aliphatic carbocycles. The average molecular weight is 1410 g/mol. The van der Waals surface area contributed by atoms with Crippen LogP contribution < -0.4 is 159 Å². The van der Waals surface area contributed by atoms with Crippen LogP contribution in [0.25, 0.3) is 23.8 Å². The molecule has 34 heteroatoms. The molecule has 0 fully saturated rings. The van der Waals surface area contributed by atoms with Crippen molar-refractivity contribution in [3.05, 3.63) is 146 Å². The second-order valence-corrected chi connectivity index (χ2v) is 21.0. The molecular formula is C45H45ClCs2F6N12O11S2. The molecule has 2 atom stereocenters. The van der Waals surface area contributed by atoms with E-state index in [4.69, 9.17) is 47.5 Å². The predicted molar refractivity (Wildman–Crippen MR) is 262 cm³/mol. The van der Waals surface area contributed by atoms with Crippen LogP contribution in [-0.4, -0.2) is 105 Å². The maximum atomic E-state index is 14.9. The number of carbonyl (C=O) groups is 1. The van der Waals surface area contributed by atoms with E-state index in [-0.39, 0.29) is 215 Å². The third kappa shape index (κ3) is 18.6. The standard InChI is InChI=1S/C22H21F3N6O4S.C17H15ClF3N5O2S.C5H7NO2.CH2O3.2Cs.H/c1-12-4-14(30-35-12)10-34-19-9-27-18(8-28-19)16(23)6-13-5-15(20(25)17(24)7-13)22(2)11-36(32,33)31(3)21(26)29-22;1-17(8-29(27,28)26(2)16(22)25-17)10-3-9(5-12(20)15(10)21)4-11(19)13-6-24-14(18)7-23-13;1-4-2-5(3-7)6-8-4;2-1-4-3;;;/h4-9H,10-11H2,1-3H3,(H2,26,29);3-7H,8H2,1-2H3,(H2,22,25);2,7H,3H2,1H3;1,3H;;;/q;;;;2*+1;-1/p-1/b16-6-;11-4-;;;;;/t22-;17-;;;;;/m00...../s1. The summed E-state index contributed by atoms with van der Waals surface area (Å²) in [6.45, 7) is 5.96. The van der Waals surface area contributed by atoms with Gasteiger partial charge in [0.15, 0.2) is 34.9 Å². The third-order valence-corrected chi connectivity index (χ3v) is 14.7. The fraction of sp³-hybridized carbons (Fsp3) is 0.267. The van der Waals surface area contributed by atoms with E-state index in [0.717, 1.165) is 69.4 Å². The Labute approximate surface area is 571 Å². The van der Waals surface area contributed by atoms with Crippen LogP contribution in [0.4, 0.5) is 26.3 Å². The van der Waals surface area contributed by atoms with Crippen LogP contribution in [0.3, 0.4) is 0 Å². The molecule has 0 amide bonds. The maximum absolute atomic E-state index is 14.9. The van der Waals surface area contributed by atoms with Crippen molar-refractivity contribution >= 4 is 73.8 Å². The van der Waals surface area contributed by atoms with Crippen molar-refractivity contribution in [2.75, 3.05) is 25.6 Å². The zero-order valence-corrected chi connectivity index (χ0v) is 57.9. The number of sulfonamides is 2. The van der Waals surface area contributed by atoms with Gasteiger partial charge in [-0.05, 0) is 75.2 Å². The van der Waals surface area contributed by atoms with E-state index in [1.54, 1.807) is 26.0 Å². The molecular weight excluding hydrogens is 1360 g/mol. The first-order valence-corrected chi connectivity index (χ1v) is 25.1. The van der Waals surface area contributed by atoms with Crippen LogP contribution in [0, 0.1) is 37.1 Å². The first-order valence-electron chi connectivity index (χ1n) is 21.5. The minimum absolute atomic E-state index is 0. The smallest absolute Gasteiger partial charge is 1.00 e. The molecule has 79 heavy (non-hydrogen) atoms. The van der Waals surface area contributed by atoms with Crippen LogP contribution >= 0.6 is 11.6 Å². The summed E-state index contributed by atoms with van der Waals surface area (Å²) >= 11 is 5.60. The van der Waals surface area contributed by atoms with Gasteiger partial charge in [0.25, 0.3) is 6.47 Å². The van der Waals surface area contributed by atoms with Gasteiger partial charge in [-0.2, -0.15) is 0 Å². The van der Waals surface area contributed by atoms with Gasteiger partial charge in [-0.25, -0.2) is 81.7 Å². The SMILES string of the molecule is CN1C(N)=N[C@](C)(c2cc(/C=C(\F)c3cnc(Cl)cn3)cc(F)c2F)CS1(=O)=O.Cc1cc(CO)no1.Cc1cc(COc2cnc(/C(F)=C/c3cc(F)c(F)c([C@]4(C)CS(=O)(=O)N(C)C(N)=N4)c3)cn2)no1.O=CO[O-].[Cs+].[Cs+].[H-]. The summed E-state index contributed by atoms with van der Waals surface area (Å²) < 4.78 is 153. The Morgan fingerprint density at radius 2 is 1.16 bits per heavy atom. The monoisotopic (exact) mass is 1410 g/mol. The normalized spacial score (nSPS) is 18.3. The van der Waals surface area contributed by atoms with Crippen LogP contribution in [0.5, 0.6) is 5.88 Å². The van der Waals surface area contributed by atoms with E-state index in [2.05, 4.69) is 49.6 Å². The quantitative estimate of drug-likeness (QED) is 0.0582. The number of carbonyl (C=O) groups excluding carboxylic acids is 1. The number of aryl methyl sites for hydroxylation is 2. The van der Waals surface area contributed by atoms with Gasteiger partial charge in [0, 0.05) is 37.4 Å². The van der Waals surface area contributed by atoms with Crippen LogP contribution in [0.1, 0.15) is 71.8 Å². The number of halogens is 7. The second kappa shape index (κ2) is 29.9. The molecule has 0 spiro atoms. The third-order valence-electron chi connectivity index (χ3n) is 10.6. The molecule has 6 heterocycles. The van der Waals surface area contributed by atoms with Crippen LogP contribution in [0.15, 0.2) is 80.2 Å². The number of aliphatic imine (C=N–C) groups is 2. The Kier molecular flexibility index (Phi) is 26.2. The molecule has 0 saturated carbocycles. The summed E-state index contributed by atoms with van der Waals surface area (Å²) in [5.74, 6) is -7.61. The van der Waals surface area contributed by atoms with E-state index in [9.17, 15) is 43.2 Å². The number of aromatic nitrogens is 6. The van der Waals surface area contributed by atoms with Crippen molar-refractivity contribution in [1.82, 2.24) is 38.9 Å². The number of ether oxygens (including phenoxy) is 1. The average Bonchev–Trinajstić information content (AvgIpc) is 4.00. The van der Waals surface area contributed by atoms with Gasteiger partial charge in [0.1, 0.15) is 57.1 Å². The molecule has 0 radical (unpaired) electrons. The predicted octanol–water partition coefficient (Wildman–Crippen LogP) is -1.39. The van der Waals surface area contributed by atoms with Crippen molar-refractivity contribution in [2.24, 2.45) is 21.5 Å². The Bertz CT molecular complexity index is 3490. The topological polar surface area (TPSA) is 334 Å². The number of aliphatic hydroxyl groups excluding tert-OH is 1. The van der Waals surface area contributed by atoms with E-state index < -0.39 is 77.6 Å². The molecule has 0 saturated heterocycles. The number of guanidine groups is 2. The molecule has 8 rings (SSSR count). The summed E-state index contributed by atoms with van der Waals surface area (Å²) in [5.41, 5.74) is 7.73. The second-order valence-electron chi connectivity index (χ2n) is 16.6.